The summed E-state index contributed by atoms with van der Waals surface area (Å²) in [6.45, 7) is 3.29. The molecule has 7 heteroatoms. The van der Waals surface area contributed by atoms with E-state index in [4.69, 9.17) is 0 Å². The highest BCUT2D eigenvalue weighted by Gasteiger charge is 2.22. The van der Waals surface area contributed by atoms with Gasteiger partial charge in [0.05, 0.1) is 11.5 Å². The van der Waals surface area contributed by atoms with Gasteiger partial charge < -0.3 is 10.2 Å². The van der Waals surface area contributed by atoms with Crippen molar-refractivity contribution in [1.82, 2.24) is 9.97 Å². The average molecular weight is 284 g/mol. The van der Waals surface area contributed by atoms with Crippen molar-refractivity contribution in [2.45, 2.75) is 19.8 Å². The third kappa shape index (κ3) is 3.15. The van der Waals surface area contributed by atoms with Crippen LogP contribution in [0.2, 0.25) is 0 Å². The zero-order chi connectivity index (χ0) is 13.9. The van der Waals surface area contributed by atoms with E-state index >= 15 is 0 Å². The van der Waals surface area contributed by atoms with Crippen molar-refractivity contribution in [1.29, 1.82) is 0 Å². The summed E-state index contributed by atoms with van der Waals surface area (Å²) in [5.41, 5.74) is 1.05. The van der Waals surface area contributed by atoms with E-state index in [0.29, 0.717) is 13.0 Å². The molecule has 0 amide bonds. The molecule has 0 aliphatic carbocycles. The van der Waals surface area contributed by atoms with Crippen molar-refractivity contribution in [3.63, 3.8) is 0 Å². The molecular weight excluding hydrogens is 264 g/mol. The summed E-state index contributed by atoms with van der Waals surface area (Å²) in [5, 5.41) is 3.06. The van der Waals surface area contributed by atoms with Gasteiger partial charge in [0.2, 0.25) is 0 Å². The lowest BCUT2D eigenvalue weighted by atomic mass is 10.2. The summed E-state index contributed by atoms with van der Waals surface area (Å²) >= 11 is 0. The molecule has 1 aromatic heterocycles. The molecule has 19 heavy (non-hydrogen) atoms. The van der Waals surface area contributed by atoms with E-state index < -0.39 is 9.84 Å². The molecule has 2 rings (SSSR count). The molecule has 0 spiro atoms. The van der Waals surface area contributed by atoms with Gasteiger partial charge in [0.15, 0.2) is 9.84 Å². The number of hydrogen-bond donors (Lipinski definition) is 1. The molecule has 1 aromatic rings. The van der Waals surface area contributed by atoms with Crippen LogP contribution in [-0.4, -0.2) is 50.0 Å². The van der Waals surface area contributed by atoms with E-state index in [-0.39, 0.29) is 11.5 Å². The minimum atomic E-state index is -2.90. The Morgan fingerprint density at radius 3 is 2.79 bits per heavy atom. The smallest absolute Gasteiger partial charge is 0.152 e. The molecule has 0 saturated carbocycles. The zero-order valence-electron chi connectivity index (χ0n) is 11.4. The quantitative estimate of drug-likeness (QED) is 0.881. The van der Waals surface area contributed by atoms with Crippen LogP contribution in [-0.2, 0) is 16.3 Å². The first kappa shape index (κ1) is 14.0. The maximum absolute atomic E-state index is 11.7. The number of nitrogens with one attached hydrogen (secondary N) is 1. The van der Waals surface area contributed by atoms with Gasteiger partial charge in [0, 0.05) is 25.7 Å². The number of rotatable bonds is 3. The van der Waals surface area contributed by atoms with E-state index in [0.717, 1.165) is 30.2 Å². The molecule has 0 unspecified atom stereocenters. The fourth-order valence-corrected chi connectivity index (χ4v) is 3.64. The summed E-state index contributed by atoms with van der Waals surface area (Å²) in [5.74, 6) is 2.16. The highest BCUT2D eigenvalue weighted by atomic mass is 32.2. The molecule has 2 heterocycles. The van der Waals surface area contributed by atoms with E-state index in [9.17, 15) is 8.42 Å². The highest BCUT2D eigenvalue weighted by molar-refractivity contribution is 7.91. The van der Waals surface area contributed by atoms with E-state index in [1.807, 2.05) is 7.05 Å². The Hall–Kier alpha value is -1.37. The molecule has 0 bridgehead atoms. The van der Waals surface area contributed by atoms with Crippen LogP contribution >= 0.6 is 0 Å². The molecule has 0 radical (unpaired) electrons. The first-order chi connectivity index (χ1) is 9.07. The predicted molar refractivity (Wildman–Crippen MR) is 76.4 cm³/mol. The fraction of sp³-hybridized carbons (Fsp3) is 0.667. The van der Waals surface area contributed by atoms with Crippen LogP contribution in [0, 0.1) is 0 Å². The van der Waals surface area contributed by atoms with Gasteiger partial charge in [0.1, 0.15) is 18.0 Å². The number of sulfone groups is 1. The van der Waals surface area contributed by atoms with Crippen molar-refractivity contribution < 1.29 is 8.42 Å². The van der Waals surface area contributed by atoms with Gasteiger partial charge in [-0.3, -0.25) is 0 Å². The number of aromatic nitrogens is 2. The van der Waals surface area contributed by atoms with Gasteiger partial charge >= 0.3 is 0 Å². The van der Waals surface area contributed by atoms with Crippen LogP contribution in [0.1, 0.15) is 18.9 Å². The topological polar surface area (TPSA) is 75.2 Å². The summed E-state index contributed by atoms with van der Waals surface area (Å²) < 4.78 is 23.3. The molecule has 0 atom stereocenters. The maximum Gasteiger partial charge on any atom is 0.152 e. The molecule has 6 nitrogen and oxygen atoms in total. The Kier molecular flexibility index (Phi) is 4.24. The largest absolute Gasteiger partial charge is 0.373 e. The third-order valence-corrected chi connectivity index (χ3v) is 5.08. The zero-order valence-corrected chi connectivity index (χ0v) is 12.2. The Bertz CT molecular complexity index is 545. The number of hydrogen-bond acceptors (Lipinski definition) is 6. The highest BCUT2D eigenvalue weighted by Crippen LogP contribution is 2.24. The monoisotopic (exact) mass is 284 g/mol. The Labute approximate surface area is 114 Å². The Morgan fingerprint density at radius 1 is 1.32 bits per heavy atom. The van der Waals surface area contributed by atoms with Crippen LogP contribution in [0.15, 0.2) is 6.33 Å². The van der Waals surface area contributed by atoms with Crippen LogP contribution < -0.4 is 10.2 Å². The average Bonchev–Trinajstić information content (AvgIpc) is 2.58. The summed E-state index contributed by atoms with van der Waals surface area (Å²) in [7, 11) is -1.06. The molecule has 1 N–H and O–H groups in total. The molecule has 1 aliphatic heterocycles. The van der Waals surface area contributed by atoms with Crippen molar-refractivity contribution in [2.75, 3.05) is 41.9 Å². The fourth-order valence-electron chi connectivity index (χ4n) is 2.37. The van der Waals surface area contributed by atoms with E-state index in [1.54, 1.807) is 0 Å². The molecule has 106 valence electrons. The standard InChI is InChI=1S/C12H20N4O2S/c1-3-10-11(13-2)14-9-15-12(10)16-5-4-7-19(17,18)8-6-16/h9H,3-8H2,1-2H3,(H,13,14,15). The first-order valence-corrected chi connectivity index (χ1v) is 8.36. The van der Waals surface area contributed by atoms with Crippen LogP contribution in [0.3, 0.4) is 0 Å². The second kappa shape index (κ2) is 5.73. The minimum Gasteiger partial charge on any atom is -0.373 e. The summed E-state index contributed by atoms with van der Waals surface area (Å²) in [6.07, 6.45) is 3.00. The van der Waals surface area contributed by atoms with Crippen molar-refractivity contribution in [2.24, 2.45) is 0 Å². The number of nitrogens with zero attached hydrogens (tertiary/aromatic N) is 3. The molecule has 1 saturated heterocycles. The lowest BCUT2D eigenvalue weighted by Crippen LogP contribution is -2.29. The molecule has 0 aromatic carbocycles. The summed E-state index contributed by atoms with van der Waals surface area (Å²) in [4.78, 5) is 10.6. The first-order valence-electron chi connectivity index (χ1n) is 6.54. The summed E-state index contributed by atoms with van der Waals surface area (Å²) in [6, 6.07) is 0. The van der Waals surface area contributed by atoms with E-state index in [1.165, 1.54) is 6.33 Å². The SMILES string of the molecule is CCc1c(NC)ncnc1N1CCCS(=O)(=O)CC1. The van der Waals surface area contributed by atoms with Crippen molar-refractivity contribution in [3.8, 4) is 0 Å². The van der Waals surface area contributed by atoms with Gasteiger partial charge in [-0.25, -0.2) is 18.4 Å². The lowest BCUT2D eigenvalue weighted by Gasteiger charge is -2.24. The van der Waals surface area contributed by atoms with Gasteiger partial charge in [-0.05, 0) is 12.8 Å². The number of anilines is 2. The molecule has 1 aliphatic rings. The molecule has 1 fully saturated rings. The Morgan fingerprint density at radius 2 is 2.11 bits per heavy atom. The maximum atomic E-state index is 11.7. The van der Waals surface area contributed by atoms with Gasteiger partial charge in [0.25, 0.3) is 0 Å². The van der Waals surface area contributed by atoms with Crippen LogP contribution in [0.25, 0.3) is 0 Å². The van der Waals surface area contributed by atoms with E-state index in [2.05, 4.69) is 27.1 Å². The third-order valence-electron chi connectivity index (χ3n) is 3.37. The Balaban J connectivity index is 2.31. The lowest BCUT2D eigenvalue weighted by molar-refractivity contribution is 0.597. The van der Waals surface area contributed by atoms with Gasteiger partial charge in [-0.15, -0.1) is 0 Å². The van der Waals surface area contributed by atoms with Gasteiger partial charge in [-0.2, -0.15) is 0 Å². The van der Waals surface area contributed by atoms with Gasteiger partial charge in [-0.1, -0.05) is 6.92 Å². The predicted octanol–water partition coefficient (Wildman–Crippen LogP) is 0.706. The second-order valence-corrected chi connectivity index (χ2v) is 6.92. The molecular formula is C12H20N4O2S. The van der Waals surface area contributed by atoms with Crippen LogP contribution in [0.5, 0.6) is 0 Å². The van der Waals surface area contributed by atoms with Crippen molar-refractivity contribution in [3.05, 3.63) is 11.9 Å². The normalized spacial score (nSPS) is 18.9. The van der Waals surface area contributed by atoms with Crippen molar-refractivity contribution >= 4 is 21.5 Å². The minimum absolute atomic E-state index is 0.203. The second-order valence-electron chi connectivity index (χ2n) is 4.62. The van der Waals surface area contributed by atoms with Crippen LogP contribution in [0.4, 0.5) is 11.6 Å².